The van der Waals surface area contributed by atoms with E-state index in [4.69, 9.17) is 9.47 Å². The van der Waals surface area contributed by atoms with Crippen LogP contribution in [0.1, 0.15) is 5.69 Å². The molecule has 0 unspecified atom stereocenters. The van der Waals surface area contributed by atoms with Gasteiger partial charge in [-0.15, -0.1) is 0 Å². The van der Waals surface area contributed by atoms with Crippen LogP contribution in [0, 0.1) is 6.92 Å². The summed E-state index contributed by atoms with van der Waals surface area (Å²) in [5, 5.41) is 3.27. The van der Waals surface area contributed by atoms with Gasteiger partial charge in [-0.05, 0) is 6.92 Å². The van der Waals surface area contributed by atoms with Crippen molar-refractivity contribution >= 4 is 11.8 Å². The van der Waals surface area contributed by atoms with Gasteiger partial charge in [-0.1, -0.05) is 0 Å². The maximum atomic E-state index is 5.12. The van der Waals surface area contributed by atoms with Crippen molar-refractivity contribution in [2.24, 2.45) is 0 Å². The van der Waals surface area contributed by atoms with Crippen LogP contribution >= 0.6 is 0 Å². The Morgan fingerprint density at radius 3 is 2.89 bits per heavy atom. The molecule has 0 aromatic carbocycles. The normalized spacial score (nSPS) is 15.3. The zero-order chi connectivity index (χ0) is 13.0. The van der Waals surface area contributed by atoms with Gasteiger partial charge in [0.05, 0.1) is 25.9 Å². The van der Waals surface area contributed by atoms with Crippen LogP contribution in [-0.2, 0) is 9.47 Å². The smallest absolute Gasteiger partial charge is 0.225 e. The predicted molar refractivity (Wildman–Crippen MR) is 70.1 cm³/mol. The molecule has 1 fully saturated rings. The van der Waals surface area contributed by atoms with E-state index >= 15 is 0 Å². The van der Waals surface area contributed by atoms with Crippen LogP contribution in [0.15, 0.2) is 6.07 Å². The number of rotatable bonds is 6. The Morgan fingerprint density at radius 1 is 1.50 bits per heavy atom. The molecular weight excluding hydrogens is 232 g/mol. The molecule has 0 aliphatic carbocycles. The summed E-state index contributed by atoms with van der Waals surface area (Å²) in [6.07, 6.45) is 0. The lowest BCUT2D eigenvalue weighted by Gasteiger charge is -2.27. The third-order valence-electron chi connectivity index (χ3n) is 2.83. The highest BCUT2D eigenvalue weighted by molar-refractivity contribution is 5.44. The van der Waals surface area contributed by atoms with Crippen molar-refractivity contribution in [2.75, 3.05) is 50.7 Å². The van der Waals surface area contributed by atoms with Crippen LogP contribution in [0.3, 0.4) is 0 Å². The Labute approximate surface area is 107 Å². The largest absolute Gasteiger partial charge is 0.383 e. The highest BCUT2D eigenvalue weighted by Crippen LogP contribution is 2.15. The van der Waals surface area contributed by atoms with E-state index in [1.807, 2.05) is 20.0 Å². The number of aryl methyl sites for hydroxylation is 1. The van der Waals surface area contributed by atoms with Crippen molar-refractivity contribution in [3.05, 3.63) is 11.8 Å². The van der Waals surface area contributed by atoms with E-state index in [-0.39, 0.29) is 0 Å². The summed E-state index contributed by atoms with van der Waals surface area (Å²) >= 11 is 0. The van der Waals surface area contributed by atoms with Gasteiger partial charge in [0, 0.05) is 32.5 Å². The van der Waals surface area contributed by atoms with E-state index in [2.05, 4.69) is 20.2 Å². The lowest BCUT2D eigenvalue weighted by Crippen LogP contribution is -2.40. The molecule has 0 spiro atoms. The van der Waals surface area contributed by atoms with Gasteiger partial charge in [-0.2, -0.15) is 4.98 Å². The number of hydrogen-bond donors (Lipinski definition) is 1. The quantitative estimate of drug-likeness (QED) is 0.803. The first kappa shape index (κ1) is 13.0. The molecule has 1 saturated heterocycles. The molecular formula is C12H20N4O2. The van der Waals surface area contributed by atoms with Crippen LogP contribution in [0.5, 0.6) is 0 Å². The minimum atomic E-state index is 0.337. The first-order valence-electron chi connectivity index (χ1n) is 6.09. The van der Waals surface area contributed by atoms with E-state index in [9.17, 15) is 0 Å². The predicted octanol–water partition coefficient (Wildman–Crippen LogP) is 0.678. The summed E-state index contributed by atoms with van der Waals surface area (Å²) in [6, 6.07) is 2.31. The third kappa shape index (κ3) is 3.30. The monoisotopic (exact) mass is 252 g/mol. The maximum Gasteiger partial charge on any atom is 0.225 e. The lowest BCUT2D eigenvalue weighted by atomic mass is 10.3. The Bertz CT molecular complexity index is 396. The van der Waals surface area contributed by atoms with Gasteiger partial charge in [0.15, 0.2) is 0 Å². The summed E-state index contributed by atoms with van der Waals surface area (Å²) in [6.45, 7) is 4.91. The molecule has 0 bridgehead atoms. The molecule has 0 amide bonds. The van der Waals surface area contributed by atoms with Gasteiger partial charge in [0.2, 0.25) is 5.95 Å². The van der Waals surface area contributed by atoms with Gasteiger partial charge in [-0.3, -0.25) is 0 Å². The van der Waals surface area contributed by atoms with E-state index in [0.717, 1.165) is 31.3 Å². The number of nitrogens with zero attached hydrogens (tertiary/aromatic N) is 3. The standard InChI is InChI=1S/C12H20N4O2/c1-9-6-11(16(2)4-5-17-3)15-12(13-9)14-10-7-18-8-10/h6,10H,4-5,7-8H2,1-3H3,(H,13,14,15). The molecule has 1 aromatic rings. The fraction of sp³-hybridized carbons (Fsp3) is 0.667. The van der Waals surface area contributed by atoms with Crippen molar-refractivity contribution in [1.29, 1.82) is 0 Å². The van der Waals surface area contributed by atoms with Crippen molar-refractivity contribution in [1.82, 2.24) is 9.97 Å². The number of aromatic nitrogens is 2. The Kier molecular flexibility index (Phi) is 4.33. The summed E-state index contributed by atoms with van der Waals surface area (Å²) in [7, 11) is 3.69. The number of anilines is 2. The molecule has 18 heavy (non-hydrogen) atoms. The van der Waals surface area contributed by atoms with Crippen LogP contribution in [0.4, 0.5) is 11.8 Å². The minimum Gasteiger partial charge on any atom is -0.383 e. The molecule has 0 atom stereocenters. The molecule has 0 saturated carbocycles. The summed E-state index contributed by atoms with van der Waals surface area (Å²) in [5.41, 5.74) is 0.951. The summed E-state index contributed by atoms with van der Waals surface area (Å²) in [4.78, 5) is 10.9. The first-order chi connectivity index (χ1) is 8.69. The molecule has 2 rings (SSSR count). The molecule has 1 aliphatic rings. The number of likely N-dealkylation sites (N-methyl/N-ethyl adjacent to an activating group) is 1. The Balaban J connectivity index is 2.04. The van der Waals surface area contributed by atoms with Gasteiger partial charge in [0.1, 0.15) is 5.82 Å². The molecule has 0 radical (unpaired) electrons. The molecule has 6 heteroatoms. The third-order valence-corrected chi connectivity index (χ3v) is 2.83. The first-order valence-corrected chi connectivity index (χ1v) is 6.09. The Morgan fingerprint density at radius 2 is 2.28 bits per heavy atom. The van der Waals surface area contributed by atoms with Gasteiger partial charge in [-0.25, -0.2) is 4.98 Å². The summed E-state index contributed by atoms with van der Waals surface area (Å²) in [5.74, 6) is 1.57. The topological polar surface area (TPSA) is 59.5 Å². The minimum absolute atomic E-state index is 0.337. The molecule has 100 valence electrons. The molecule has 6 nitrogen and oxygen atoms in total. The zero-order valence-electron chi connectivity index (χ0n) is 11.1. The average Bonchev–Trinajstić information content (AvgIpc) is 2.30. The number of ether oxygens (including phenoxy) is 2. The fourth-order valence-corrected chi connectivity index (χ4v) is 1.66. The van der Waals surface area contributed by atoms with Crippen LogP contribution in [0.2, 0.25) is 0 Å². The van der Waals surface area contributed by atoms with E-state index < -0.39 is 0 Å². The maximum absolute atomic E-state index is 5.12. The van der Waals surface area contributed by atoms with Crippen LogP contribution in [0.25, 0.3) is 0 Å². The van der Waals surface area contributed by atoms with E-state index in [0.29, 0.717) is 18.6 Å². The summed E-state index contributed by atoms with van der Waals surface area (Å²) < 4.78 is 10.2. The van der Waals surface area contributed by atoms with Crippen LogP contribution in [-0.4, -0.2) is 56.5 Å². The highest BCUT2D eigenvalue weighted by atomic mass is 16.5. The number of hydrogen-bond acceptors (Lipinski definition) is 6. The van der Waals surface area contributed by atoms with Crippen LogP contribution < -0.4 is 10.2 Å². The Hall–Kier alpha value is -1.40. The second-order valence-electron chi connectivity index (χ2n) is 4.48. The van der Waals surface area contributed by atoms with Crippen molar-refractivity contribution < 1.29 is 9.47 Å². The van der Waals surface area contributed by atoms with E-state index in [1.54, 1.807) is 7.11 Å². The zero-order valence-corrected chi connectivity index (χ0v) is 11.1. The lowest BCUT2D eigenvalue weighted by molar-refractivity contribution is 0.0208. The highest BCUT2D eigenvalue weighted by Gasteiger charge is 2.19. The second kappa shape index (κ2) is 5.97. The van der Waals surface area contributed by atoms with Gasteiger partial charge < -0.3 is 19.7 Å². The molecule has 1 N–H and O–H groups in total. The van der Waals surface area contributed by atoms with Crippen molar-refractivity contribution in [3.63, 3.8) is 0 Å². The number of methoxy groups -OCH3 is 1. The molecule has 2 heterocycles. The van der Waals surface area contributed by atoms with Gasteiger partial charge >= 0.3 is 0 Å². The molecule has 1 aromatic heterocycles. The second-order valence-corrected chi connectivity index (χ2v) is 4.48. The van der Waals surface area contributed by atoms with Crippen molar-refractivity contribution in [3.8, 4) is 0 Å². The molecule has 1 aliphatic heterocycles. The van der Waals surface area contributed by atoms with Gasteiger partial charge in [0.25, 0.3) is 0 Å². The average molecular weight is 252 g/mol. The van der Waals surface area contributed by atoms with E-state index in [1.165, 1.54) is 0 Å². The van der Waals surface area contributed by atoms with Crippen molar-refractivity contribution in [2.45, 2.75) is 13.0 Å². The SMILES string of the molecule is COCCN(C)c1cc(C)nc(NC2COC2)n1. The fourth-order valence-electron chi connectivity index (χ4n) is 1.66. The number of nitrogens with one attached hydrogen (secondary N) is 1.